The lowest BCUT2D eigenvalue weighted by molar-refractivity contribution is 0.0594. The minimum Gasteiger partial charge on any atom is -0.495 e. The molecule has 0 aliphatic carbocycles. The van der Waals surface area contributed by atoms with E-state index in [0.29, 0.717) is 10.2 Å². The highest BCUT2D eigenvalue weighted by Crippen LogP contribution is 2.38. The van der Waals surface area contributed by atoms with Crippen LogP contribution in [0.15, 0.2) is 78.9 Å². The molecule has 184 valence electrons. The van der Waals surface area contributed by atoms with Crippen LogP contribution in [0, 0.1) is 0 Å². The summed E-state index contributed by atoms with van der Waals surface area (Å²) in [4.78, 5) is 2.19. The Hall–Kier alpha value is -3.62. The maximum absolute atomic E-state index is 6.53. The largest absolute Gasteiger partial charge is 0.495 e. The number of hydrogen-bond donors (Lipinski definition) is 3. The van der Waals surface area contributed by atoms with E-state index in [0.717, 1.165) is 60.1 Å². The number of rotatable bonds is 4. The number of piperidine rings is 1. The Labute approximate surface area is 222 Å². The SMILES string of the molecule is COc1ccccc1NC(=S)N1CCC2(C=Cc3cc(NC(=S)Nc4ccccc4)ccc3O2)CC1. The molecule has 1 fully saturated rings. The molecular weight excluding hydrogens is 488 g/mol. The second kappa shape index (κ2) is 10.6. The van der Waals surface area contributed by atoms with E-state index in [1.807, 2.05) is 66.7 Å². The Kier molecular flexibility index (Phi) is 7.06. The molecule has 0 unspecified atom stereocenters. The molecule has 1 saturated heterocycles. The zero-order valence-electron chi connectivity index (χ0n) is 20.0. The number of fused-ring (bicyclic) bond motifs is 1. The molecular formula is C28H28N4O2S2. The van der Waals surface area contributed by atoms with Gasteiger partial charge in [-0.1, -0.05) is 36.4 Å². The third-order valence-corrected chi connectivity index (χ3v) is 6.99. The second-order valence-electron chi connectivity index (χ2n) is 8.82. The number of para-hydroxylation sites is 3. The molecule has 0 saturated carbocycles. The van der Waals surface area contributed by atoms with Crippen molar-refractivity contribution in [3.05, 3.63) is 84.4 Å². The number of methoxy groups -OCH3 is 1. The molecule has 1 spiro atoms. The van der Waals surface area contributed by atoms with Crippen molar-refractivity contribution in [2.45, 2.75) is 18.4 Å². The molecule has 2 aliphatic heterocycles. The molecule has 0 bridgehead atoms. The molecule has 3 aromatic carbocycles. The lowest BCUT2D eigenvalue weighted by atomic mass is 9.88. The zero-order valence-corrected chi connectivity index (χ0v) is 21.6. The van der Waals surface area contributed by atoms with Crippen molar-refractivity contribution in [2.75, 3.05) is 36.1 Å². The van der Waals surface area contributed by atoms with Crippen LogP contribution in [0.4, 0.5) is 17.1 Å². The van der Waals surface area contributed by atoms with Gasteiger partial charge in [0.15, 0.2) is 10.2 Å². The van der Waals surface area contributed by atoms with E-state index in [4.69, 9.17) is 33.9 Å². The van der Waals surface area contributed by atoms with Crippen LogP contribution in [0.25, 0.3) is 6.08 Å². The molecule has 6 nitrogen and oxygen atoms in total. The number of ether oxygens (including phenoxy) is 2. The number of nitrogens with one attached hydrogen (secondary N) is 3. The van der Waals surface area contributed by atoms with E-state index in [-0.39, 0.29) is 5.60 Å². The summed E-state index contributed by atoms with van der Waals surface area (Å²) in [5.41, 5.74) is 3.44. The van der Waals surface area contributed by atoms with E-state index >= 15 is 0 Å². The molecule has 0 radical (unpaired) electrons. The maximum Gasteiger partial charge on any atom is 0.175 e. The second-order valence-corrected chi connectivity index (χ2v) is 9.61. The first kappa shape index (κ1) is 24.1. The highest BCUT2D eigenvalue weighted by atomic mass is 32.1. The summed E-state index contributed by atoms with van der Waals surface area (Å²) in [5, 5.41) is 11.0. The molecule has 2 heterocycles. The first-order valence-electron chi connectivity index (χ1n) is 11.9. The lowest BCUT2D eigenvalue weighted by Crippen LogP contribution is -2.50. The average Bonchev–Trinajstić information content (AvgIpc) is 2.90. The maximum atomic E-state index is 6.53. The molecule has 8 heteroatoms. The van der Waals surface area contributed by atoms with Crippen molar-refractivity contribution in [3.8, 4) is 11.5 Å². The van der Waals surface area contributed by atoms with Crippen LogP contribution >= 0.6 is 24.4 Å². The monoisotopic (exact) mass is 516 g/mol. The Morgan fingerprint density at radius 3 is 2.39 bits per heavy atom. The van der Waals surface area contributed by atoms with Crippen molar-refractivity contribution >= 4 is 57.8 Å². The standard InChI is InChI=1S/C28H28N4O2S2/c1-33-25-10-6-5-9-23(25)31-27(36)32-17-15-28(16-18-32)14-13-20-19-22(11-12-24(20)34-28)30-26(35)29-21-7-3-2-4-8-21/h2-14,19H,15-18H2,1H3,(H,31,36)(H2,29,30,35). The van der Waals surface area contributed by atoms with E-state index in [1.165, 1.54) is 0 Å². The number of likely N-dealkylation sites (tertiary alicyclic amines) is 1. The summed E-state index contributed by atoms with van der Waals surface area (Å²) < 4.78 is 12.0. The van der Waals surface area contributed by atoms with Gasteiger partial charge in [-0.3, -0.25) is 0 Å². The fraction of sp³-hybridized carbons (Fsp3) is 0.214. The summed E-state index contributed by atoms with van der Waals surface area (Å²) in [6.45, 7) is 1.61. The highest BCUT2D eigenvalue weighted by molar-refractivity contribution is 7.80. The number of benzene rings is 3. The quantitative estimate of drug-likeness (QED) is 0.358. The topological polar surface area (TPSA) is 57.8 Å². The predicted molar refractivity (Wildman–Crippen MR) is 155 cm³/mol. The molecule has 0 atom stereocenters. The summed E-state index contributed by atoms with van der Waals surface area (Å²) in [5.74, 6) is 1.65. The van der Waals surface area contributed by atoms with Crippen LogP contribution in [0.1, 0.15) is 18.4 Å². The minimum atomic E-state index is -0.317. The van der Waals surface area contributed by atoms with E-state index in [2.05, 4.69) is 39.1 Å². The van der Waals surface area contributed by atoms with E-state index in [1.54, 1.807) is 7.11 Å². The van der Waals surface area contributed by atoms with Crippen molar-refractivity contribution < 1.29 is 9.47 Å². The molecule has 2 aliphatic rings. The molecule has 36 heavy (non-hydrogen) atoms. The summed E-state index contributed by atoms with van der Waals surface area (Å²) in [6, 6.07) is 23.7. The molecule has 0 amide bonds. The number of thiocarbonyl (C=S) groups is 2. The van der Waals surface area contributed by atoms with Gasteiger partial charge in [-0.05, 0) is 73.0 Å². The van der Waals surface area contributed by atoms with Crippen molar-refractivity contribution in [1.82, 2.24) is 4.90 Å². The van der Waals surface area contributed by atoms with Gasteiger partial charge >= 0.3 is 0 Å². The fourth-order valence-electron chi connectivity index (χ4n) is 4.46. The molecule has 3 N–H and O–H groups in total. The Balaban J connectivity index is 1.18. The lowest BCUT2D eigenvalue weighted by Gasteiger charge is -2.42. The Morgan fingerprint density at radius 2 is 1.61 bits per heavy atom. The van der Waals surface area contributed by atoms with Gasteiger partial charge in [-0.15, -0.1) is 0 Å². The van der Waals surface area contributed by atoms with E-state index in [9.17, 15) is 0 Å². The first-order chi connectivity index (χ1) is 17.5. The molecule has 3 aromatic rings. The number of hydrogen-bond acceptors (Lipinski definition) is 4. The van der Waals surface area contributed by atoms with Crippen molar-refractivity contribution in [2.24, 2.45) is 0 Å². The van der Waals surface area contributed by atoms with Gasteiger partial charge in [0.1, 0.15) is 17.1 Å². The van der Waals surface area contributed by atoms with Gasteiger partial charge in [-0.2, -0.15) is 0 Å². The van der Waals surface area contributed by atoms with Crippen LogP contribution < -0.4 is 25.4 Å². The minimum absolute atomic E-state index is 0.317. The summed E-state index contributed by atoms with van der Waals surface area (Å²) in [6.07, 6.45) is 6.04. The summed E-state index contributed by atoms with van der Waals surface area (Å²) in [7, 11) is 1.66. The van der Waals surface area contributed by atoms with Crippen molar-refractivity contribution in [3.63, 3.8) is 0 Å². The van der Waals surface area contributed by atoms with Gasteiger partial charge in [0, 0.05) is 42.9 Å². The van der Waals surface area contributed by atoms with Gasteiger partial charge in [-0.25, -0.2) is 0 Å². The normalized spacial score (nSPS) is 15.4. The first-order valence-corrected chi connectivity index (χ1v) is 12.7. The predicted octanol–water partition coefficient (Wildman–Crippen LogP) is 6.14. The van der Waals surface area contributed by atoms with Crippen molar-refractivity contribution in [1.29, 1.82) is 0 Å². The van der Waals surface area contributed by atoms with Crippen LogP contribution in [0.2, 0.25) is 0 Å². The average molecular weight is 517 g/mol. The van der Waals surface area contributed by atoms with Gasteiger partial charge in [0.25, 0.3) is 0 Å². The smallest absolute Gasteiger partial charge is 0.175 e. The van der Waals surface area contributed by atoms with E-state index < -0.39 is 0 Å². The number of anilines is 3. The Bertz CT molecular complexity index is 1290. The fourth-order valence-corrected chi connectivity index (χ4v) is 4.99. The van der Waals surface area contributed by atoms with Gasteiger partial charge < -0.3 is 30.3 Å². The number of nitrogens with zero attached hydrogens (tertiary/aromatic N) is 1. The van der Waals surface area contributed by atoms with Gasteiger partial charge in [0.2, 0.25) is 0 Å². The summed E-state index contributed by atoms with van der Waals surface area (Å²) >= 11 is 11.1. The van der Waals surface area contributed by atoms with Crippen LogP contribution in [0.3, 0.4) is 0 Å². The highest BCUT2D eigenvalue weighted by Gasteiger charge is 2.37. The van der Waals surface area contributed by atoms with Crippen LogP contribution in [-0.4, -0.2) is 40.9 Å². The third-order valence-electron chi connectivity index (χ3n) is 6.42. The zero-order chi connectivity index (χ0) is 25.0. The molecule has 0 aromatic heterocycles. The van der Waals surface area contributed by atoms with Crippen LogP contribution in [0.5, 0.6) is 11.5 Å². The van der Waals surface area contributed by atoms with Crippen LogP contribution in [-0.2, 0) is 0 Å². The van der Waals surface area contributed by atoms with Gasteiger partial charge in [0.05, 0.1) is 12.8 Å². The Morgan fingerprint density at radius 1 is 0.889 bits per heavy atom. The molecule has 5 rings (SSSR count). The third kappa shape index (κ3) is 5.45.